The molecule has 1 aliphatic rings. The van der Waals surface area contributed by atoms with Gasteiger partial charge in [-0.05, 0) is 51.7 Å². The maximum atomic E-state index is 11.5. The largest absolute Gasteiger partial charge is 0.494 e. The summed E-state index contributed by atoms with van der Waals surface area (Å²) in [6.45, 7) is 3.81. The van der Waals surface area contributed by atoms with Gasteiger partial charge >= 0.3 is 0 Å². The third kappa shape index (κ3) is 3.89. The van der Waals surface area contributed by atoms with E-state index in [4.69, 9.17) is 15.5 Å². The van der Waals surface area contributed by atoms with E-state index in [2.05, 4.69) is 15.2 Å². The minimum Gasteiger partial charge on any atom is -0.494 e. The lowest BCUT2D eigenvalue weighted by Gasteiger charge is -2.35. The minimum absolute atomic E-state index is 0.0404. The van der Waals surface area contributed by atoms with Gasteiger partial charge in [0.05, 0.1) is 31.1 Å². The topological polar surface area (TPSA) is 137 Å². The Morgan fingerprint density at radius 3 is 2.88 bits per heavy atom. The van der Waals surface area contributed by atoms with Crippen LogP contribution in [0.3, 0.4) is 0 Å². The van der Waals surface area contributed by atoms with Crippen molar-refractivity contribution in [2.45, 2.75) is 63.2 Å². The van der Waals surface area contributed by atoms with Crippen molar-refractivity contribution in [3.8, 4) is 5.75 Å². The van der Waals surface area contributed by atoms with E-state index in [1.165, 1.54) is 0 Å². The second-order valence-electron chi connectivity index (χ2n) is 9.60. The van der Waals surface area contributed by atoms with Crippen LogP contribution >= 0.6 is 0 Å². The molecule has 10 heteroatoms. The van der Waals surface area contributed by atoms with Crippen LogP contribution < -0.4 is 10.5 Å². The molecule has 3 aromatic heterocycles. The Balaban J connectivity index is 1.49. The van der Waals surface area contributed by atoms with Crippen molar-refractivity contribution in [3.05, 3.63) is 42.0 Å². The summed E-state index contributed by atoms with van der Waals surface area (Å²) >= 11 is 0. The smallest absolute Gasteiger partial charge is 0.223 e. The fourth-order valence-electron chi connectivity index (χ4n) is 4.80. The molecule has 0 amide bonds. The van der Waals surface area contributed by atoms with E-state index in [1.54, 1.807) is 36.4 Å². The number of para-hydroxylation sites is 1. The van der Waals surface area contributed by atoms with Crippen molar-refractivity contribution < 1.29 is 14.9 Å². The Morgan fingerprint density at radius 1 is 1.30 bits per heavy atom. The third-order valence-electron chi connectivity index (χ3n) is 6.34. The molecule has 1 fully saturated rings. The van der Waals surface area contributed by atoms with Crippen LogP contribution in [0.5, 0.6) is 5.75 Å². The first-order chi connectivity index (χ1) is 15.7. The predicted molar refractivity (Wildman–Crippen MR) is 123 cm³/mol. The van der Waals surface area contributed by atoms with Gasteiger partial charge in [-0.2, -0.15) is 9.61 Å². The van der Waals surface area contributed by atoms with Crippen molar-refractivity contribution in [2.75, 3.05) is 12.8 Å². The van der Waals surface area contributed by atoms with Crippen molar-refractivity contribution in [3.63, 3.8) is 0 Å². The van der Waals surface area contributed by atoms with Gasteiger partial charge in [0.15, 0.2) is 11.5 Å². The predicted octanol–water partition coefficient (Wildman–Crippen LogP) is 2.38. The summed E-state index contributed by atoms with van der Waals surface area (Å²) in [5.74, 6) is 1.46. The molecule has 2 atom stereocenters. The van der Waals surface area contributed by atoms with E-state index in [0.29, 0.717) is 42.1 Å². The first kappa shape index (κ1) is 21.6. The highest BCUT2D eigenvalue weighted by molar-refractivity contribution is 5.95. The van der Waals surface area contributed by atoms with Gasteiger partial charge in [0.25, 0.3) is 0 Å². The number of nitrogen functional groups attached to an aromatic ring is 1. The van der Waals surface area contributed by atoms with E-state index < -0.39 is 11.2 Å². The normalized spacial score (nSPS) is 21.7. The molecule has 0 bridgehead atoms. The molecule has 5 rings (SSSR count). The molecule has 0 radical (unpaired) electrons. The number of hydrogen-bond acceptors (Lipinski definition) is 8. The van der Waals surface area contributed by atoms with Crippen LogP contribution in [-0.4, -0.2) is 52.3 Å². The number of rotatable bonds is 5. The van der Waals surface area contributed by atoms with Gasteiger partial charge in [0.1, 0.15) is 11.3 Å². The maximum Gasteiger partial charge on any atom is 0.223 e. The van der Waals surface area contributed by atoms with Crippen LogP contribution in [0.15, 0.2) is 30.6 Å². The number of nitrogens with zero attached hydrogens (tertiary/aromatic N) is 6. The molecule has 0 aliphatic heterocycles. The summed E-state index contributed by atoms with van der Waals surface area (Å²) < 4.78 is 8.67. The highest BCUT2D eigenvalue weighted by atomic mass is 16.5. The van der Waals surface area contributed by atoms with E-state index in [0.717, 1.165) is 23.8 Å². The summed E-state index contributed by atoms with van der Waals surface area (Å²) in [5.41, 5.74) is 6.29. The molecule has 1 aliphatic carbocycles. The number of aliphatic hydroxyl groups is 2. The van der Waals surface area contributed by atoms with Gasteiger partial charge < -0.3 is 20.7 Å². The zero-order chi connectivity index (χ0) is 23.4. The number of fused-ring (bicyclic) bond motifs is 3. The summed E-state index contributed by atoms with van der Waals surface area (Å²) in [4.78, 5) is 9.30. The van der Waals surface area contributed by atoms with Crippen LogP contribution in [0.1, 0.15) is 56.8 Å². The fourth-order valence-corrected chi connectivity index (χ4v) is 4.80. The number of hydrogen-bond donors (Lipinski definition) is 3. The third-order valence-corrected chi connectivity index (χ3v) is 6.34. The van der Waals surface area contributed by atoms with Crippen molar-refractivity contribution in [1.29, 1.82) is 0 Å². The second kappa shape index (κ2) is 7.67. The number of anilines is 1. The van der Waals surface area contributed by atoms with Gasteiger partial charge in [-0.1, -0.05) is 6.07 Å². The SMILES string of the molecule is COc1cccc2c1nc(N)n1nc(C3CCCC(O)(c4cnn(CC(C)(C)O)c4)C3)nc21. The molecular weight excluding hydrogens is 422 g/mol. The highest BCUT2D eigenvalue weighted by Gasteiger charge is 2.39. The molecule has 10 nitrogen and oxygen atoms in total. The number of nitrogens with two attached hydrogens (primary N) is 1. The van der Waals surface area contributed by atoms with Gasteiger partial charge in [-0.15, -0.1) is 5.10 Å². The lowest BCUT2D eigenvalue weighted by molar-refractivity contribution is -0.00967. The first-order valence-electron chi connectivity index (χ1n) is 11.1. The molecule has 3 heterocycles. The average Bonchev–Trinajstić information content (AvgIpc) is 3.41. The van der Waals surface area contributed by atoms with Crippen molar-refractivity contribution >= 4 is 22.5 Å². The number of ether oxygens (including phenoxy) is 1. The Labute approximate surface area is 191 Å². The molecule has 4 aromatic rings. The minimum atomic E-state index is -1.03. The Morgan fingerprint density at radius 2 is 2.12 bits per heavy atom. The van der Waals surface area contributed by atoms with Crippen LogP contribution in [-0.2, 0) is 12.1 Å². The molecule has 4 N–H and O–H groups in total. The lowest BCUT2D eigenvalue weighted by atomic mass is 9.75. The Kier molecular flexibility index (Phi) is 5.02. The van der Waals surface area contributed by atoms with E-state index in [-0.39, 0.29) is 11.9 Å². The van der Waals surface area contributed by atoms with Gasteiger partial charge in [-0.25, -0.2) is 9.97 Å². The van der Waals surface area contributed by atoms with E-state index >= 15 is 0 Å². The quantitative estimate of drug-likeness (QED) is 0.421. The second-order valence-corrected chi connectivity index (χ2v) is 9.60. The number of aromatic nitrogens is 6. The van der Waals surface area contributed by atoms with Crippen molar-refractivity contribution in [2.24, 2.45) is 0 Å². The molecule has 2 unspecified atom stereocenters. The molecular formula is C23H29N7O3. The standard InChI is InChI=1S/C23H29N7O3/c1-22(2,31)13-29-12-15(11-25-29)23(32)9-5-6-14(10-23)19-27-20-16-7-4-8-17(33-3)18(16)26-21(24)30(20)28-19/h4,7-8,11-12,14,31-32H,5-6,9-10,13H2,1-3H3,(H2,24,26). The fraction of sp³-hybridized carbons (Fsp3) is 0.478. The van der Waals surface area contributed by atoms with E-state index in [9.17, 15) is 10.2 Å². The Bertz CT molecular complexity index is 1320. The summed E-state index contributed by atoms with van der Waals surface area (Å²) in [7, 11) is 1.60. The molecule has 174 valence electrons. The zero-order valence-corrected chi connectivity index (χ0v) is 19.1. The molecule has 1 saturated carbocycles. The van der Waals surface area contributed by atoms with Crippen LogP contribution in [0.2, 0.25) is 0 Å². The maximum absolute atomic E-state index is 11.5. The summed E-state index contributed by atoms with van der Waals surface area (Å²) in [6.07, 6.45) is 6.31. The molecule has 1 aromatic carbocycles. The Hall–Kier alpha value is -3.24. The van der Waals surface area contributed by atoms with Crippen LogP contribution in [0, 0.1) is 0 Å². The first-order valence-corrected chi connectivity index (χ1v) is 11.1. The monoisotopic (exact) mass is 451 g/mol. The van der Waals surface area contributed by atoms with Crippen molar-refractivity contribution in [1.82, 2.24) is 29.4 Å². The van der Waals surface area contributed by atoms with Gasteiger partial charge in [0, 0.05) is 23.1 Å². The van der Waals surface area contributed by atoms with Gasteiger partial charge in [0.2, 0.25) is 5.95 Å². The molecule has 0 saturated heterocycles. The average molecular weight is 452 g/mol. The van der Waals surface area contributed by atoms with Crippen LogP contribution in [0.25, 0.3) is 16.6 Å². The van der Waals surface area contributed by atoms with Crippen LogP contribution in [0.4, 0.5) is 5.95 Å². The molecule has 33 heavy (non-hydrogen) atoms. The number of benzene rings is 1. The number of methoxy groups -OCH3 is 1. The zero-order valence-electron chi connectivity index (χ0n) is 19.1. The van der Waals surface area contributed by atoms with Gasteiger partial charge in [-0.3, -0.25) is 4.68 Å². The van der Waals surface area contributed by atoms with E-state index in [1.807, 2.05) is 24.4 Å². The lowest BCUT2D eigenvalue weighted by Crippen LogP contribution is -2.32. The molecule has 0 spiro atoms. The summed E-state index contributed by atoms with van der Waals surface area (Å²) in [6, 6.07) is 5.65. The summed E-state index contributed by atoms with van der Waals surface area (Å²) in [5, 5.41) is 31.4. The highest BCUT2D eigenvalue weighted by Crippen LogP contribution is 2.43.